The molecule has 0 atom stereocenters. The molecule has 1 aliphatic heterocycles. The molecule has 5 aromatic rings. The van der Waals surface area contributed by atoms with Crippen molar-refractivity contribution in [2.24, 2.45) is 0 Å². The van der Waals surface area contributed by atoms with Gasteiger partial charge in [0, 0.05) is 78.3 Å². The van der Waals surface area contributed by atoms with Crippen LogP contribution in [-0.4, -0.2) is 59.5 Å². The number of halogens is 5. The first kappa shape index (κ1) is 20.8. The fourth-order valence-corrected chi connectivity index (χ4v) is 5.64. The highest BCUT2D eigenvalue weighted by Gasteiger charge is 2.31. The number of rotatable bonds is 12. The van der Waals surface area contributed by atoms with E-state index < -0.39 is 159 Å². The lowest BCUT2D eigenvalue weighted by Gasteiger charge is -2.39. The molecular formula is C41H40F5N3O3S. The minimum absolute atomic E-state index is 0.0813. The molecule has 278 valence electrons. The predicted octanol–water partition coefficient (Wildman–Crippen LogP) is 8.71. The van der Waals surface area contributed by atoms with Crippen molar-refractivity contribution in [3.63, 3.8) is 0 Å². The highest BCUT2D eigenvalue weighted by Crippen LogP contribution is 2.32. The number of piperidine rings is 1. The van der Waals surface area contributed by atoms with Crippen LogP contribution in [-0.2, 0) is 34.5 Å². The first-order valence-corrected chi connectivity index (χ1v) is 16.2. The van der Waals surface area contributed by atoms with Crippen LogP contribution in [0.3, 0.4) is 0 Å². The summed E-state index contributed by atoms with van der Waals surface area (Å²) in [5.74, 6) is -5.44. The summed E-state index contributed by atoms with van der Waals surface area (Å²) in [6, 6.07) is 1.08. The van der Waals surface area contributed by atoms with E-state index in [1.165, 1.54) is 0 Å². The number of nitrogens with zero attached hydrogens (tertiary/aromatic N) is 3. The molecule has 4 aromatic carbocycles. The number of methoxy groups -OCH3 is 1. The summed E-state index contributed by atoms with van der Waals surface area (Å²) in [5.41, 5.74) is -8.73. The molecule has 1 fully saturated rings. The van der Waals surface area contributed by atoms with Gasteiger partial charge >= 0.3 is 6.18 Å². The van der Waals surface area contributed by atoms with E-state index in [1.54, 1.807) is 0 Å². The van der Waals surface area contributed by atoms with Crippen LogP contribution in [0.5, 0.6) is 0 Å². The van der Waals surface area contributed by atoms with Gasteiger partial charge in [-0.25, -0.2) is 8.78 Å². The Morgan fingerprint density at radius 3 is 2.38 bits per heavy atom. The normalized spacial score (nSPS) is 24.6. The third-order valence-corrected chi connectivity index (χ3v) is 8.30. The largest absolute Gasteiger partial charge is 0.416 e. The van der Waals surface area contributed by atoms with Crippen LogP contribution in [0, 0.1) is 18.6 Å². The minimum Gasteiger partial charge on any atom is -0.383 e. The van der Waals surface area contributed by atoms with E-state index in [0.717, 1.165) is 74.7 Å². The Balaban J connectivity index is 1.69. The number of likely N-dealkylation sites (tertiary alicyclic amines) is 1. The van der Waals surface area contributed by atoms with Crippen molar-refractivity contribution < 1.29 is 57.5 Å². The Morgan fingerprint density at radius 1 is 1.04 bits per heavy atom. The Hall–Kier alpha value is -4.52. The van der Waals surface area contributed by atoms with Crippen molar-refractivity contribution in [3.8, 4) is 11.1 Å². The summed E-state index contributed by atoms with van der Waals surface area (Å²) in [6.07, 6.45) is -13.7. The van der Waals surface area contributed by atoms with Gasteiger partial charge in [0.1, 0.15) is 6.54 Å². The lowest BCUT2D eigenvalue weighted by atomic mass is 10.00. The predicted molar refractivity (Wildman–Crippen MR) is 198 cm³/mol. The first-order valence-electron chi connectivity index (χ1n) is 24.9. The Kier molecular flexibility index (Phi) is 6.54. The molecule has 53 heavy (non-hydrogen) atoms. The maximum absolute atomic E-state index is 15.6. The summed E-state index contributed by atoms with van der Waals surface area (Å²) in [5, 5.41) is -1.99. The molecule has 1 saturated heterocycles. The molecule has 0 unspecified atom stereocenters. The number of thioether (sulfide) groups is 1. The molecular weight excluding hydrogens is 710 g/mol. The highest BCUT2D eigenvalue weighted by atomic mass is 32.2. The number of benzene rings is 4. The van der Waals surface area contributed by atoms with Crippen LogP contribution in [0.4, 0.5) is 22.0 Å². The lowest BCUT2D eigenvalue weighted by molar-refractivity contribution is -0.137. The van der Waals surface area contributed by atoms with Crippen molar-refractivity contribution >= 4 is 28.6 Å². The number of pyridine rings is 1. The second-order valence-electron chi connectivity index (χ2n) is 11.1. The zero-order chi connectivity index (χ0) is 54.7. The number of carbonyl (C=O) groups excluding carboxylic acids is 1. The fraction of sp³-hybridized carbons (Fsp3) is 0.317. The van der Waals surface area contributed by atoms with Gasteiger partial charge in [0.2, 0.25) is 5.91 Å². The quantitative estimate of drug-likeness (QED) is 0.0940. The number of amides is 1. The van der Waals surface area contributed by atoms with E-state index in [2.05, 4.69) is 0 Å². The molecule has 0 aliphatic carbocycles. The number of hydrogen-bond acceptors (Lipinski definition) is 5. The third-order valence-electron chi connectivity index (χ3n) is 7.47. The van der Waals surface area contributed by atoms with Crippen LogP contribution < -0.4 is 5.43 Å². The Labute approximate surface area is 335 Å². The number of hydrogen-bond donors (Lipinski definition) is 0. The molecule has 1 aromatic heterocycles. The summed E-state index contributed by atoms with van der Waals surface area (Å²) < 4.78 is 247. The number of ether oxygens (including phenoxy) is 1. The monoisotopic (exact) mass is 768 g/mol. The van der Waals surface area contributed by atoms with E-state index in [4.69, 9.17) is 21.2 Å². The number of fused-ring (bicyclic) bond motifs is 1. The zero-order valence-electron chi connectivity index (χ0n) is 46.6. The van der Waals surface area contributed by atoms with Crippen LogP contribution in [0.25, 0.3) is 22.0 Å². The number of carbonyl (C=O) groups is 1. The van der Waals surface area contributed by atoms with Crippen LogP contribution in [0.1, 0.15) is 61.0 Å². The van der Waals surface area contributed by atoms with E-state index in [9.17, 15) is 32.0 Å². The van der Waals surface area contributed by atoms with Gasteiger partial charge in [-0.05, 0) is 66.6 Å². The SMILES string of the molecule is [2H]c1c(C)c([2H])c2c(=O)c([2H])c(SC([2H])([2H])c3cccc(F)c3F)n(CC(=O)N(C([2H])([2H])c3ccc(-c4ccc(C(F)(F)F)cc4)cc3)C3([2H])C([2H])([2H])C([2H])([2H])N(C([2H])([2H])COC)C([2H])([2H])C3([2H])[2H])c2c1[2H]. The van der Waals surface area contributed by atoms with Gasteiger partial charge in [0.05, 0.1) is 32.3 Å². The van der Waals surface area contributed by atoms with E-state index in [0.29, 0.717) is 10.6 Å². The van der Waals surface area contributed by atoms with E-state index >= 15 is 9.18 Å². The Morgan fingerprint density at radius 2 is 1.72 bits per heavy atom. The minimum atomic E-state index is -4.73. The third kappa shape index (κ3) is 9.17. The molecule has 0 saturated carbocycles. The molecule has 12 heteroatoms. The van der Waals surface area contributed by atoms with Gasteiger partial charge in [-0.1, -0.05) is 60.1 Å². The van der Waals surface area contributed by atoms with Gasteiger partial charge in [-0.2, -0.15) is 13.2 Å². The van der Waals surface area contributed by atoms with Crippen LogP contribution in [0.2, 0.25) is 0 Å². The summed E-state index contributed by atoms with van der Waals surface area (Å²) in [7, 11) is 0.884. The molecule has 2 heterocycles. The van der Waals surface area contributed by atoms with Gasteiger partial charge in [-0.3, -0.25) is 9.59 Å². The standard InChI is InChI=1S/C41H40F5N3O3S/c1-27-6-15-36-34(22-27)37(50)23-39(53-26-31-4-3-5-35(42)40(31)43)49(36)25-38(51)48(33-16-18-47(19-17-33)20-21-52-2)24-28-7-9-29(10-8-28)30-11-13-32(14-12-30)41(44,45)46/h3-15,22-23,33H,16-21,24-26H2,1-2H3/i6D,15D,16D2,17D2,18D2,19D2,20D2,22D,23D,24D2,26D2,33D. The fourth-order valence-electron chi connectivity index (χ4n) is 4.87. The molecule has 0 bridgehead atoms. The van der Waals surface area contributed by atoms with Crippen molar-refractivity contribution in [1.29, 1.82) is 0 Å². The van der Waals surface area contributed by atoms with Gasteiger partial charge in [0.15, 0.2) is 17.1 Å². The molecule has 1 amide bonds. The molecule has 6 rings (SSSR count). The van der Waals surface area contributed by atoms with Crippen molar-refractivity contribution in [2.45, 2.75) is 55.6 Å². The van der Waals surface area contributed by atoms with E-state index in [-0.39, 0.29) is 28.5 Å². The van der Waals surface area contributed by atoms with Crippen molar-refractivity contribution in [3.05, 3.63) is 135 Å². The highest BCUT2D eigenvalue weighted by molar-refractivity contribution is 7.98. The topological polar surface area (TPSA) is 54.8 Å². The van der Waals surface area contributed by atoms with Crippen LogP contribution in [0.15, 0.2) is 101 Å². The molecule has 6 nitrogen and oxygen atoms in total. The molecule has 0 spiro atoms. The average Bonchev–Trinajstić information content (AvgIpc) is 3.26. The molecule has 0 N–H and O–H groups in total. The van der Waals surface area contributed by atoms with Gasteiger partial charge in [-0.15, -0.1) is 11.8 Å². The smallest absolute Gasteiger partial charge is 0.383 e. The number of aromatic nitrogens is 1. The summed E-state index contributed by atoms with van der Waals surface area (Å²) in [4.78, 5) is 28.4. The molecule has 1 aliphatic rings. The maximum Gasteiger partial charge on any atom is 0.416 e. The van der Waals surface area contributed by atoms with Crippen molar-refractivity contribution in [1.82, 2.24) is 14.4 Å². The second-order valence-corrected chi connectivity index (χ2v) is 11.9. The number of alkyl halides is 3. The Bertz CT molecular complexity index is 3010. The maximum atomic E-state index is 15.6. The summed E-state index contributed by atoms with van der Waals surface area (Å²) in [6.45, 7) is -17.9. The molecule has 0 radical (unpaired) electrons. The second kappa shape index (κ2) is 16.7. The summed E-state index contributed by atoms with van der Waals surface area (Å²) >= 11 is -0.276. The first-order chi connectivity index (χ1) is 32.7. The zero-order valence-corrected chi connectivity index (χ0v) is 28.4. The van der Waals surface area contributed by atoms with E-state index in [1.807, 2.05) is 0 Å². The van der Waals surface area contributed by atoms with Crippen molar-refractivity contribution in [2.75, 3.05) is 33.2 Å². The lowest BCUT2D eigenvalue weighted by Crippen LogP contribution is -2.48. The van der Waals surface area contributed by atoms with Gasteiger partial charge < -0.3 is 19.1 Å². The average molecular weight is 769 g/mol. The van der Waals surface area contributed by atoms with Crippen LogP contribution >= 0.6 is 11.8 Å². The van der Waals surface area contributed by atoms with Gasteiger partial charge in [0.25, 0.3) is 0 Å².